The van der Waals surface area contributed by atoms with Crippen molar-refractivity contribution >= 4 is 33.6 Å². The van der Waals surface area contributed by atoms with Crippen LogP contribution in [0.15, 0.2) is 22.7 Å². The zero-order chi connectivity index (χ0) is 15.4. The normalized spacial score (nSPS) is 18.2. The van der Waals surface area contributed by atoms with Crippen molar-refractivity contribution in [3.63, 3.8) is 0 Å². The number of ether oxygens (including phenoxy) is 2. The molecule has 0 aliphatic carbocycles. The maximum atomic E-state index is 12.1. The van der Waals surface area contributed by atoms with Crippen LogP contribution in [0.4, 0.5) is 10.5 Å². The number of amides is 2. The number of carboxylic acid groups (broad SMARTS) is 1. The molecule has 1 heterocycles. The van der Waals surface area contributed by atoms with Gasteiger partial charge in [0.25, 0.3) is 0 Å². The molecule has 2 amide bonds. The van der Waals surface area contributed by atoms with Crippen molar-refractivity contribution in [2.24, 2.45) is 0 Å². The minimum Gasteiger partial charge on any atom is -0.495 e. The van der Waals surface area contributed by atoms with Crippen molar-refractivity contribution in [2.45, 2.75) is 6.10 Å². The third-order valence-electron chi connectivity index (χ3n) is 3.03. The second kappa shape index (κ2) is 6.77. The molecular formula is C13H15BrN2O5. The number of morpholine rings is 1. The first-order valence-electron chi connectivity index (χ1n) is 6.25. The molecular weight excluding hydrogens is 344 g/mol. The molecule has 2 rings (SSSR count). The Morgan fingerprint density at radius 1 is 1.52 bits per heavy atom. The van der Waals surface area contributed by atoms with E-state index in [0.29, 0.717) is 18.0 Å². The van der Waals surface area contributed by atoms with Crippen LogP contribution in [0, 0.1) is 0 Å². The van der Waals surface area contributed by atoms with E-state index in [4.69, 9.17) is 14.6 Å². The number of anilines is 1. The van der Waals surface area contributed by atoms with Gasteiger partial charge in [0.05, 0.1) is 24.7 Å². The van der Waals surface area contributed by atoms with Crippen LogP contribution < -0.4 is 10.1 Å². The Balaban J connectivity index is 2.02. The fourth-order valence-electron chi connectivity index (χ4n) is 1.92. The number of carbonyl (C=O) groups is 2. The van der Waals surface area contributed by atoms with Crippen molar-refractivity contribution in [3.8, 4) is 5.75 Å². The fourth-order valence-corrected chi connectivity index (χ4v) is 2.33. The van der Waals surface area contributed by atoms with Gasteiger partial charge in [-0.25, -0.2) is 9.59 Å². The van der Waals surface area contributed by atoms with Gasteiger partial charge in [0.15, 0.2) is 6.10 Å². The summed E-state index contributed by atoms with van der Waals surface area (Å²) in [7, 11) is 1.53. The lowest BCUT2D eigenvalue weighted by Gasteiger charge is -2.30. The van der Waals surface area contributed by atoms with E-state index in [1.807, 2.05) is 0 Å². The number of nitrogens with zero attached hydrogens (tertiary/aromatic N) is 1. The molecule has 1 aromatic carbocycles. The van der Waals surface area contributed by atoms with Crippen molar-refractivity contribution in [1.82, 2.24) is 4.90 Å². The summed E-state index contributed by atoms with van der Waals surface area (Å²) < 4.78 is 11.0. The highest BCUT2D eigenvalue weighted by atomic mass is 79.9. The standard InChI is InChI=1S/C13H15BrN2O5/c1-20-10-6-8(2-3-9(10)14)15-13(19)16-4-5-21-11(7-16)12(17)18/h2-3,6,11H,4-5,7H2,1H3,(H,15,19)(H,17,18). The summed E-state index contributed by atoms with van der Waals surface area (Å²) in [6.07, 6.45) is -0.982. The Labute approximate surface area is 130 Å². The van der Waals surface area contributed by atoms with Crippen molar-refractivity contribution < 1.29 is 24.2 Å². The summed E-state index contributed by atoms with van der Waals surface area (Å²) in [6.45, 7) is 0.576. The lowest BCUT2D eigenvalue weighted by Crippen LogP contribution is -2.49. The molecule has 8 heteroatoms. The SMILES string of the molecule is COc1cc(NC(=O)N2CCOC(C(=O)O)C2)ccc1Br. The van der Waals surface area contributed by atoms with E-state index in [1.165, 1.54) is 12.0 Å². The molecule has 0 saturated carbocycles. The summed E-state index contributed by atoms with van der Waals surface area (Å²) in [6, 6.07) is 4.79. The second-order valence-electron chi connectivity index (χ2n) is 4.42. The Bertz CT molecular complexity index is 551. The van der Waals surface area contributed by atoms with Gasteiger partial charge in [0, 0.05) is 18.3 Å². The highest BCUT2D eigenvalue weighted by Crippen LogP contribution is 2.28. The van der Waals surface area contributed by atoms with Crippen molar-refractivity contribution in [3.05, 3.63) is 22.7 Å². The Kier molecular flexibility index (Phi) is 5.03. The van der Waals surface area contributed by atoms with E-state index in [-0.39, 0.29) is 19.2 Å². The van der Waals surface area contributed by atoms with Gasteiger partial charge in [0.2, 0.25) is 0 Å². The third kappa shape index (κ3) is 3.85. The zero-order valence-electron chi connectivity index (χ0n) is 11.3. The van der Waals surface area contributed by atoms with Crippen LogP contribution in [0.1, 0.15) is 0 Å². The maximum Gasteiger partial charge on any atom is 0.334 e. The summed E-state index contributed by atoms with van der Waals surface area (Å²) >= 11 is 3.33. The number of carboxylic acids is 1. The molecule has 0 bridgehead atoms. The monoisotopic (exact) mass is 358 g/mol. The molecule has 1 saturated heterocycles. The van der Waals surface area contributed by atoms with E-state index in [0.717, 1.165) is 4.47 Å². The first-order chi connectivity index (χ1) is 10.0. The van der Waals surface area contributed by atoms with E-state index in [2.05, 4.69) is 21.2 Å². The number of hydrogen-bond acceptors (Lipinski definition) is 4. The minimum atomic E-state index is -1.07. The lowest BCUT2D eigenvalue weighted by molar-refractivity contribution is -0.154. The van der Waals surface area contributed by atoms with Crippen LogP contribution in [-0.4, -0.2) is 54.9 Å². The van der Waals surface area contributed by atoms with Crippen molar-refractivity contribution in [1.29, 1.82) is 0 Å². The van der Waals surface area contributed by atoms with Gasteiger partial charge >= 0.3 is 12.0 Å². The lowest BCUT2D eigenvalue weighted by atomic mass is 10.2. The van der Waals surface area contributed by atoms with E-state index in [9.17, 15) is 9.59 Å². The van der Waals surface area contributed by atoms with E-state index >= 15 is 0 Å². The average Bonchev–Trinajstić information content (AvgIpc) is 2.49. The van der Waals surface area contributed by atoms with Crippen LogP contribution >= 0.6 is 15.9 Å². The van der Waals surface area contributed by atoms with Gasteiger partial charge in [-0.2, -0.15) is 0 Å². The smallest absolute Gasteiger partial charge is 0.334 e. The Morgan fingerprint density at radius 3 is 2.95 bits per heavy atom. The number of urea groups is 1. The van der Waals surface area contributed by atoms with E-state index < -0.39 is 12.1 Å². The third-order valence-corrected chi connectivity index (χ3v) is 3.69. The Hall–Kier alpha value is -1.80. The summed E-state index contributed by atoms with van der Waals surface area (Å²) in [5.41, 5.74) is 0.568. The summed E-state index contributed by atoms with van der Waals surface area (Å²) in [5, 5.41) is 11.6. The van der Waals surface area contributed by atoms with Gasteiger partial charge in [-0.15, -0.1) is 0 Å². The zero-order valence-corrected chi connectivity index (χ0v) is 12.9. The number of rotatable bonds is 3. The van der Waals surface area contributed by atoms with Crippen LogP contribution in [0.3, 0.4) is 0 Å². The maximum absolute atomic E-state index is 12.1. The summed E-state index contributed by atoms with van der Waals surface area (Å²) in [5.74, 6) is -0.476. The molecule has 21 heavy (non-hydrogen) atoms. The van der Waals surface area contributed by atoms with Crippen LogP contribution in [0.5, 0.6) is 5.75 Å². The largest absolute Gasteiger partial charge is 0.495 e. The number of benzene rings is 1. The number of methoxy groups -OCH3 is 1. The van der Waals surface area contributed by atoms with Crippen LogP contribution in [0.2, 0.25) is 0 Å². The first-order valence-corrected chi connectivity index (χ1v) is 7.04. The molecule has 7 nitrogen and oxygen atoms in total. The number of carbonyl (C=O) groups excluding carboxylic acids is 1. The molecule has 1 aliphatic heterocycles. The fraction of sp³-hybridized carbons (Fsp3) is 0.385. The van der Waals surface area contributed by atoms with Gasteiger partial charge in [-0.05, 0) is 28.1 Å². The summed E-state index contributed by atoms with van der Waals surface area (Å²) in [4.78, 5) is 24.4. The van der Waals surface area contributed by atoms with Crippen LogP contribution in [0.25, 0.3) is 0 Å². The molecule has 1 unspecified atom stereocenters. The second-order valence-corrected chi connectivity index (χ2v) is 5.28. The minimum absolute atomic E-state index is 0.0226. The van der Waals surface area contributed by atoms with Crippen LogP contribution in [-0.2, 0) is 9.53 Å². The van der Waals surface area contributed by atoms with Gasteiger partial charge in [-0.1, -0.05) is 0 Å². The topological polar surface area (TPSA) is 88.1 Å². The Morgan fingerprint density at radius 2 is 2.29 bits per heavy atom. The molecule has 114 valence electrons. The molecule has 0 spiro atoms. The number of hydrogen-bond donors (Lipinski definition) is 2. The number of nitrogens with one attached hydrogen (secondary N) is 1. The molecule has 0 aromatic heterocycles. The predicted molar refractivity (Wildman–Crippen MR) is 78.7 cm³/mol. The molecule has 1 fully saturated rings. The quantitative estimate of drug-likeness (QED) is 0.859. The number of halogens is 1. The molecule has 1 aromatic rings. The molecule has 0 radical (unpaired) electrons. The number of aliphatic carboxylic acids is 1. The average molecular weight is 359 g/mol. The van der Waals surface area contributed by atoms with Gasteiger partial charge in [0.1, 0.15) is 5.75 Å². The van der Waals surface area contributed by atoms with Crippen molar-refractivity contribution in [2.75, 3.05) is 32.1 Å². The molecule has 1 aliphatic rings. The highest BCUT2D eigenvalue weighted by molar-refractivity contribution is 9.10. The molecule has 1 atom stereocenters. The first kappa shape index (κ1) is 15.6. The van der Waals surface area contributed by atoms with E-state index in [1.54, 1.807) is 18.2 Å². The van der Waals surface area contributed by atoms with Gasteiger partial charge < -0.3 is 24.8 Å². The van der Waals surface area contributed by atoms with Gasteiger partial charge in [-0.3, -0.25) is 0 Å². The highest BCUT2D eigenvalue weighted by Gasteiger charge is 2.29. The predicted octanol–water partition coefficient (Wildman–Crippen LogP) is 1.77. The molecule has 2 N–H and O–H groups in total.